The van der Waals surface area contributed by atoms with Gasteiger partial charge in [-0.25, -0.2) is 9.37 Å². The highest BCUT2D eigenvalue weighted by molar-refractivity contribution is 7.14. The minimum absolute atomic E-state index is 0.0285. The van der Waals surface area contributed by atoms with E-state index in [4.69, 9.17) is 0 Å². The monoisotopic (exact) mass is 454 g/mol. The standard InChI is InChI=1S/C23H23FN4O3S/c1-14-7-6-10-19(15(14)2)26-20(29)12-28(3)21(30)11-16-13-32-23(25-16)27-22(31)17-8-4-5-9-18(17)24/h4-10,13H,11-12H2,1-3H3,(H,26,29)(H,25,27,31). The number of aryl methyl sites for hydroxylation is 1. The van der Waals surface area contributed by atoms with Crippen molar-refractivity contribution in [3.05, 3.63) is 76.0 Å². The summed E-state index contributed by atoms with van der Waals surface area (Å²) in [5, 5.41) is 7.25. The molecule has 0 atom stereocenters. The third kappa shape index (κ3) is 5.76. The molecule has 0 fully saturated rings. The van der Waals surface area contributed by atoms with Gasteiger partial charge in [-0.1, -0.05) is 24.3 Å². The second-order valence-electron chi connectivity index (χ2n) is 7.30. The molecule has 3 rings (SSSR count). The molecule has 0 aliphatic carbocycles. The van der Waals surface area contributed by atoms with Crippen LogP contribution in [0.5, 0.6) is 0 Å². The number of nitrogens with one attached hydrogen (secondary N) is 2. The Morgan fingerprint density at radius 3 is 2.56 bits per heavy atom. The van der Waals surface area contributed by atoms with Crippen LogP contribution in [-0.2, 0) is 16.0 Å². The van der Waals surface area contributed by atoms with E-state index in [2.05, 4.69) is 15.6 Å². The highest BCUT2D eigenvalue weighted by Crippen LogP contribution is 2.19. The van der Waals surface area contributed by atoms with Crippen molar-refractivity contribution < 1.29 is 18.8 Å². The first kappa shape index (κ1) is 23.1. The topological polar surface area (TPSA) is 91.4 Å². The number of likely N-dealkylation sites (N-methyl/N-ethyl adjacent to an activating group) is 1. The van der Waals surface area contributed by atoms with Crippen LogP contribution in [0, 0.1) is 19.7 Å². The van der Waals surface area contributed by atoms with Crippen molar-refractivity contribution >= 4 is 39.9 Å². The molecular formula is C23H23FN4O3S. The number of carbonyl (C=O) groups is 3. The summed E-state index contributed by atoms with van der Waals surface area (Å²) in [6.45, 7) is 3.78. The van der Waals surface area contributed by atoms with Crippen LogP contribution in [0.25, 0.3) is 0 Å². The zero-order chi connectivity index (χ0) is 23.3. The van der Waals surface area contributed by atoms with Crippen LogP contribution in [0.4, 0.5) is 15.2 Å². The fraction of sp³-hybridized carbons (Fsp3) is 0.217. The Morgan fingerprint density at radius 2 is 1.81 bits per heavy atom. The lowest BCUT2D eigenvalue weighted by atomic mass is 10.1. The van der Waals surface area contributed by atoms with Crippen molar-refractivity contribution in [3.63, 3.8) is 0 Å². The molecule has 0 unspecified atom stereocenters. The number of hydrogen-bond donors (Lipinski definition) is 2. The van der Waals surface area contributed by atoms with E-state index in [1.54, 1.807) is 11.4 Å². The summed E-state index contributed by atoms with van der Waals surface area (Å²) in [4.78, 5) is 42.5. The largest absolute Gasteiger partial charge is 0.336 e. The van der Waals surface area contributed by atoms with E-state index in [9.17, 15) is 18.8 Å². The third-order valence-electron chi connectivity index (χ3n) is 4.91. The lowest BCUT2D eigenvalue weighted by molar-refractivity contribution is -0.132. The molecule has 3 amide bonds. The maximum absolute atomic E-state index is 13.7. The lowest BCUT2D eigenvalue weighted by Gasteiger charge is -2.17. The number of halogens is 1. The molecule has 2 aromatic carbocycles. The number of anilines is 2. The van der Waals surface area contributed by atoms with Crippen molar-refractivity contribution in [2.45, 2.75) is 20.3 Å². The minimum atomic E-state index is -0.627. The van der Waals surface area contributed by atoms with Gasteiger partial charge in [0.15, 0.2) is 5.13 Å². The Balaban J connectivity index is 1.54. The van der Waals surface area contributed by atoms with Gasteiger partial charge in [-0.2, -0.15) is 0 Å². The minimum Gasteiger partial charge on any atom is -0.336 e. The van der Waals surface area contributed by atoms with Crippen molar-refractivity contribution in [2.24, 2.45) is 0 Å². The molecule has 32 heavy (non-hydrogen) atoms. The molecule has 3 aromatic rings. The molecular weight excluding hydrogens is 431 g/mol. The van der Waals surface area contributed by atoms with Gasteiger partial charge in [0.05, 0.1) is 24.2 Å². The second kappa shape index (κ2) is 10.1. The van der Waals surface area contributed by atoms with Gasteiger partial charge in [0.1, 0.15) is 5.82 Å². The molecule has 0 radical (unpaired) electrons. The van der Waals surface area contributed by atoms with Crippen LogP contribution < -0.4 is 10.6 Å². The normalized spacial score (nSPS) is 10.5. The quantitative estimate of drug-likeness (QED) is 0.568. The first-order valence-corrected chi connectivity index (χ1v) is 10.7. The van der Waals surface area contributed by atoms with Crippen molar-refractivity contribution in [1.82, 2.24) is 9.88 Å². The summed E-state index contributed by atoms with van der Waals surface area (Å²) >= 11 is 1.14. The van der Waals surface area contributed by atoms with Crippen molar-refractivity contribution in [3.8, 4) is 0 Å². The van der Waals surface area contributed by atoms with Gasteiger partial charge in [0.2, 0.25) is 11.8 Å². The number of thiazole rings is 1. The van der Waals surface area contributed by atoms with Crippen molar-refractivity contribution in [1.29, 1.82) is 0 Å². The van der Waals surface area contributed by atoms with E-state index in [0.717, 1.165) is 22.5 Å². The molecule has 1 heterocycles. The molecule has 0 spiro atoms. The van der Waals surface area contributed by atoms with E-state index in [0.29, 0.717) is 11.4 Å². The average molecular weight is 455 g/mol. The number of carbonyl (C=O) groups excluding carboxylic acids is 3. The summed E-state index contributed by atoms with van der Waals surface area (Å²) in [6, 6.07) is 11.3. The Morgan fingerprint density at radius 1 is 1.06 bits per heavy atom. The zero-order valence-electron chi connectivity index (χ0n) is 17.9. The fourth-order valence-electron chi connectivity index (χ4n) is 2.93. The molecule has 0 saturated carbocycles. The Labute approximate surface area is 189 Å². The predicted octanol–water partition coefficient (Wildman–Crippen LogP) is 3.79. The number of amides is 3. The predicted molar refractivity (Wildman–Crippen MR) is 122 cm³/mol. The van der Waals surface area contributed by atoms with E-state index in [1.165, 1.54) is 30.1 Å². The maximum atomic E-state index is 13.7. The molecule has 166 valence electrons. The number of benzene rings is 2. The highest BCUT2D eigenvalue weighted by Gasteiger charge is 2.17. The van der Waals surface area contributed by atoms with Crippen LogP contribution >= 0.6 is 11.3 Å². The highest BCUT2D eigenvalue weighted by atomic mass is 32.1. The van der Waals surface area contributed by atoms with E-state index >= 15 is 0 Å². The molecule has 9 heteroatoms. The van der Waals surface area contributed by atoms with Gasteiger partial charge in [0.25, 0.3) is 5.91 Å². The molecule has 0 aliphatic heterocycles. The maximum Gasteiger partial charge on any atom is 0.260 e. The second-order valence-corrected chi connectivity index (χ2v) is 8.16. The van der Waals surface area contributed by atoms with Crippen LogP contribution in [0.15, 0.2) is 47.8 Å². The summed E-state index contributed by atoms with van der Waals surface area (Å²) in [5.41, 5.74) is 3.11. The Bertz CT molecular complexity index is 1160. The van der Waals surface area contributed by atoms with Gasteiger partial charge < -0.3 is 10.2 Å². The van der Waals surface area contributed by atoms with Crippen LogP contribution in [0.3, 0.4) is 0 Å². The summed E-state index contributed by atoms with van der Waals surface area (Å²) < 4.78 is 13.7. The third-order valence-corrected chi connectivity index (χ3v) is 5.71. The van der Waals surface area contributed by atoms with Crippen LogP contribution in [0.2, 0.25) is 0 Å². The average Bonchev–Trinajstić information content (AvgIpc) is 3.18. The zero-order valence-corrected chi connectivity index (χ0v) is 18.8. The molecule has 0 bridgehead atoms. The molecule has 0 aliphatic rings. The summed E-state index contributed by atoms with van der Waals surface area (Å²) in [7, 11) is 1.54. The van der Waals surface area contributed by atoms with Gasteiger partial charge in [-0.15, -0.1) is 11.3 Å². The van der Waals surface area contributed by atoms with E-state index in [1.807, 2.05) is 32.0 Å². The van der Waals surface area contributed by atoms with Gasteiger partial charge >= 0.3 is 0 Å². The molecule has 2 N–H and O–H groups in total. The first-order chi connectivity index (χ1) is 15.2. The summed E-state index contributed by atoms with van der Waals surface area (Å²) in [6.07, 6.45) is -0.0285. The number of aromatic nitrogens is 1. The SMILES string of the molecule is Cc1cccc(NC(=O)CN(C)C(=O)Cc2csc(NC(=O)c3ccccc3F)n2)c1C. The Hall–Kier alpha value is -3.59. The van der Waals surface area contributed by atoms with E-state index < -0.39 is 11.7 Å². The van der Waals surface area contributed by atoms with Crippen LogP contribution in [0.1, 0.15) is 27.2 Å². The van der Waals surface area contributed by atoms with Gasteiger partial charge in [0, 0.05) is 18.1 Å². The van der Waals surface area contributed by atoms with Gasteiger partial charge in [-0.05, 0) is 43.2 Å². The number of hydrogen-bond acceptors (Lipinski definition) is 5. The van der Waals surface area contributed by atoms with Gasteiger partial charge in [-0.3, -0.25) is 19.7 Å². The van der Waals surface area contributed by atoms with E-state index in [-0.39, 0.29) is 35.5 Å². The Kier molecular flexibility index (Phi) is 7.32. The van der Waals surface area contributed by atoms with Crippen molar-refractivity contribution in [2.75, 3.05) is 24.2 Å². The molecule has 1 aromatic heterocycles. The lowest BCUT2D eigenvalue weighted by Crippen LogP contribution is -2.36. The number of rotatable bonds is 7. The smallest absolute Gasteiger partial charge is 0.260 e. The molecule has 0 saturated heterocycles. The molecule has 7 nitrogen and oxygen atoms in total. The number of nitrogens with zero attached hydrogens (tertiary/aromatic N) is 2. The fourth-order valence-corrected chi connectivity index (χ4v) is 3.63. The summed E-state index contributed by atoms with van der Waals surface area (Å²) in [5.74, 6) is -1.84. The van der Waals surface area contributed by atoms with Crippen LogP contribution in [-0.4, -0.2) is 41.2 Å². The first-order valence-electron chi connectivity index (χ1n) is 9.85.